The normalized spacial score (nSPS) is 13.4. The molecule has 0 spiro atoms. The molecule has 0 radical (unpaired) electrons. The number of nitrogens with zero attached hydrogens (tertiary/aromatic N) is 4. The molecule has 3 rings (SSSR count). The van der Waals surface area contributed by atoms with Crippen LogP contribution in [0.3, 0.4) is 0 Å². The van der Waals surface area contributed by atoms with Crippen LogP contribution in [0.25, 0.3) is 11.4 Å². The smallest absolute Gasteiger partial charge is 0.253 e. The predicted octanol–water partition coefficient (Wildman–Crippen LogP) is 0.113. The van der Waals surface area contributed by atoms with Crippen LogP contribution in [-0.4, -0.2) is 51.2 Å². The number of aliphatic hydroxyl groups is 1. The molecule has 0 fully saturated rings. The fourth-order valence-electron chi connectivity index (χ4n) is 2.90. The molecule has 2 aromatic rings. The lowest BCUT2D eigenvalue weighted by Gasteiger charge is -2.18. The second-order valence-electron chi connectivity index (χ2n) is 5.59. The van der Waals surface area contributed by atoms with Gasteiger partial charge in [0.2, 0.25) is 11.9 Å². The van der Waals surface area contributed by atoms with Crippen molar-refractivity contribution < 1.29 is 14.7 Å². The van der Waals surface area contributed by atoms with Crippen LogP contribution in [0.1, 0.15) is 23.0 Å². The Hall–Kier alpha value is -2.74. The number of nitrogens with one attached hydrogen (secondary N) is 1. The molecule has 2 amide bonds. The lowest BCUT2D eigenvalue weighted by Crippen LogP contribution is -2.33. The molecule has 0 aromatic carbocycles. The number of amides is 2. The van der Waals surface area contributed by atoms with Gasteiger partial charge in [0.15, 0.2) is 0 Å². The second kappa shape index (κ2) is 6.40. The van der Waals surface area contributed by atoms with Crippen molar-refractivity contribution in [3.05, 3.63) is 29.6 Å². The molecule has 8 nitrogen and oxygen atoms in total. The van der Waals surface area contributed by atoms with E-state index in [-0.39, 0.29) is 30.9 Å². The van der Waals surface area contributed by atoms with Gasteiger partial charge in [-0.25, -0.2) is 9.97 Å². The van der Waals surface area contributed by atoms with Crippen molar-refractivity contribution in [2.45, 2.75) is 13.3 Å². The number of rotatable bonds is 4. The molecular formula is C16H19N5O3. The van der Waals surface area contributed by atoms with E-state index in [1.165, 1.54) is 11.8 Å². The Kier molecular flexibility index (Phi) is 4.30. The van der Waals surface area contributed by atoms with E-state index < -0.39 is 0 Å². The van der Waals surface area contributed by atoms with Gasteiger partial charge in [-0.3, -0.25) is 14.5 Å². The van der Waals surface area contributed by atoms with Gasteiger partial charge in [0, 0.05) is 38.8 Å². The van der Waals surface area contributed by atoms with Crippen molar-refractivity contribution >= 4 is 17.8 Å². The van der Waals surface area contributed by atoms with Crippen molar-refractivity contribution in [2.24, 2.45) is 7.05 Å². The van der Waals surface area contributed by atoms with E-state index >= 15 is 0 Å². The highest BCUT2D eigenvalue weighted by molar-refractivity contribution is 5.98. The molecule has 126 valence electrons. The summed E-state index contributed by atoms with van der Waals surface area (Å²) in [5.41, 5.74) is 3.02. The van der Waals surface area contributed by atoms with Gasteiger partial charge in [-0.15, -0.1) is 0 Å². The van der Waals surface area contributed by atoms with Gasteiger partial charge in [0.05, 0.1) is 30.1 Å². The Labute approximate surface area is 139 Å². The molecule has 3 heterocycles. The van der Waals surface area contributed by atoms with Crippen molar-refractivity contribution in [3.63, 3.8) is 0 Å². The average molecular weight is 329 g/mol. The van der Waals surface area contributed by atoms with Gasteiger partial charge in [0.25, 0.3) is 5.91 Å². The van der Waals surface area contributed by atoms with Crippen molar-refractivity contribution in [2.75, 3.05) is 24.6 Å². The van der Waals surface area contributed by atoms with Gasteiger partial charge >= 0.3 is 0 Å². The maximum absolute atomic E-state index is 12.0. The molecule has 8 heteroatoms. The molecule has 0 saturated heterocycles. The monoisotopic (exact) mass is 329 g/mol. The van der Waals surface area contributed by atoms with Gasteiger partial charge in [0.1, 0.15) is 0 Å². The summed E-state index contributed by atoms with van der Waals surface area (Å²) in [6.07, 6.45) is 2.33. The van der Waals surface area contributed by atoms with E-state index in [1.54, 1.807) is 18.3 Å². The standard InChI is InChI=1S/C16H19N5O3/c1-10(23)21(7-8-22)16-18-5-3-12(19-16)14-9-11-13(20(14)2)4-6-17-15(11)24/h3,5,9,22H,4,6-8H2,1-2H3,(H,17,24). The highest BCUT2D eigenvalue weighted by Crippen LogP contribution is 2.26. The highest BCUT2D eigenvalue weighted by Gasteiger charge is 2.23. The second-order valence-corrected chi connectivity index (χ2v) is 5.59. The van der Waals surface area contributed by atoms with Gasteiger partial charge in [-0.2, -0.15) is 0 Å². The third-order valence-corrected chi connectivity index (χ3v) is 4.10. The third kappa shape index (κ3) is 2.76. The van der Waals surface area contributed by atoms with Crippen LogP contribution in [0.5, 0.6) is 0 Å². The Morgan fingerprint density at radius 1 is 1.50 bits per heavy atom. The van der Waals surface area contributed by atoms with Gasteiger partial charge < -0.3 is 15.0 Å². The van der Waals surface area contributed by atoms with Gasteiger partial charge in [-0.05, 0) is 12.1 Å². The molecule has 1 aliphatic rings. The summed E-state index contributed by atoms with van der Waals surface area (Å²) in [6.45, 7) is 1.97. The summed E-state index contributed by atoms with van der Waals surface area (Å²) >= 11 is 0. The van der Waals surface area contributed by atoms with Gasteiger partial charge in [-0.1, -0.05) is 0 Å². The minimum absolute atomic E-state index is 0.0852. The fourth-order valence-corrected chi connectivity index (χ4v) is 2.90. The maximum atomic E-state index is 12.0. The minimum Gasteiger partial charge on any atom is -0.395 e. The SMILES string of the molecule is CC(=O)N(CCO)c1nccc(-c2cc3c(n2C)CCNC3=O)n1. The Morgan fingerprint density at radius 2 is 2.29 bits per heavy atom. The lowest BCUT2D eigenvalue weighted by atomic mass is 10.1. The number of carbonyl (C=O) groups excluding carboxylic acids is 2. The third-order valence-electron chi connectivity index (χ3n) is 4.10. The molecule has 2 N–H and O–H groups in total. The number of aliphatic hydroxyl groups excluding tert-OH is 1. The van der Waals surface area contributed by atoms with E-state index in [1.807, 2.05) is 11.6 Å². The van der Waals surface area contributed by atoms with Crippen molar-refractivity contribution in [1.82, 2.24) is 19.9 Å². The first-order valence-electron chi connectivity index (χ1n) is 7.72. The zero-order valence-electron chi connectivity index (χ0n) is 13.6. The summed E-state index contributed by atoms with van der Waals surface area (Å²) < 4.78 is 1.95. The van der Waals surface area contributed by atoms with E-state index in [2.05, 4.69) is 15.3 Å². The Balaban J connectivity index is 2.04. The van der Waals surface area contributed by atoms with Crippen molar-refractivity contribution in [1.29, 1.82) is 0 Å². The zero-order valence-corrected chi connectivity index (χ0v) is 13.6. The molecular weight excluding hydrogens is 310 g/mol. The molecule has 2 aromatic heterocycles. The number of anilines is 1. The van der Waals surface area contributed by atoms with Crippen LogP contribution < -0.4 is 10.2 Å². The number of hydrogen-bond donors (Lipinski definition) is 2. The van der Waals surface area contributed by atoms with Crippen LogP contribution >= 0.6 is 0 Å². The summed E-state index contributed by atoms with van der Waals surface area (Å²) in [5.74, 6) is -0.0950. The van der Waals surface area contributed by atoms with Crippen LogP contribution in [0.2, 0.25) is 0 Å². The summed E-state index contributed by atoms with van der Waals surface area (Å²) in [4.78, 5) is 33.6. The Morgan fingerprint density at radius 3 is 2.96 bits per heavy atom. The molecule has 0 bridgehead atoms. The molecule has 1 aliphatic heterocycles. The summed E-state index contributed by atoms with van der Waals surface area (Å²) in [6, 6.07) is 3.54. The maximum Gasteiger partial charge on any atom is 0.253 e. The first-order chi connectivity index (χ1) is 11.5. The largest absolute Gasteiger partial charge is 0.395 e. The average Bonchev–Trinajstić information content (AvgIpc) is 2.91. The molecule has 0 aliphatic carbocycles. The Bertz CT molecular complexity index is 799. The quantitative estimate of drug-likeness (QED) is 0.829. The first kappa shape index (κ1) is 16.1. The van der Waals surface area contributed by atoms with Crippen LogP contribution in [0, 0.1) is 0 Å². The van der Waals surface area contributed by atoms with Crippen LogP contribution in [0.4, 0.5) is 5.95 Å². The zero-order chi connectivity index (χ0) is 17.3. The van der Waals surface area contributed by atoms with Crippen LogP contribution in [-0.2, 0) is 18.3 Å². The minimum atomic E-state index is -0.244. The number of hydrogen-bond acceptors (Lipinski definition) is 5. The molecule has 24 heavy (non-hydrogen) atoms. The van der Waals surface area contributed by atoms with E-state index in [0.29, 0.717) is 17.8 Å². The molecule has 0 atom stereocenters. The highest BCUT2D eigenvalue weighted by atomic mass is 16.3. The number of aromatic nitrogens is 3. The van der Waals surface area contributed by atoms with E-state index in [4.69, 9.17) is 5.11 Å². The van der Waals surface area contributed by atoms with Crippen LogP contribution in [0.15, 0.2) is 18.3 Å². The lowest BCUT2D eigenvalue weighted by molar-refractivity contribution is -0.116. The van der Waals surface area contributed by atoms with E-state index in [9.17, 15) is 9.59 Å². The summed E-state index contributed by atoms with van der Waals surface area (Å²) in [7, 11) is 1.89. The molecule has 0 saturated carbocycles. The summed E-state index contributed by atoms with van der Waals surface area (Å²) in [5, 5.41) is 11.9. The topological polar surface area (TPSA) is 100 Å². The number of carbonyl (C=O) groups is 2. The first-order valence-corrected chi connectivity index (χ1v) is 7.72. The predicted molar refractivity (Wildman–Crippen MR) is 87.6 cm³/mol. The van der Waals surface area contributed by atoms with Crippen molar-refractivity contribution in [3.8, 4) is 11.4 Å². The fraction of sp³-hybridized carbons (Fsp3) is 0.375. The number of fused-ring (bicyclic) bond motifs is 1. The molecule has 0 unspecified atom stereocenters. The van der Waals surface area contributed by atoms with E-state index in [0.717, 1.165) is 17.8 Å².